The molecule has 6 heteroatoms. The maximum Gasteiger partial charge on any atom is 0.349 e. The number of esters is 1. The Balaban J connectivity index is 2.40. The molecule has 0 bridgehead atoms. The summed E-state index contributed by atoms with van der Waals surface area (Å²) in [6.45, 7) is 0. The number of carbonyl (C=O) groups is 1. The first-order valence-corrected chi connectivity index (χ1v) is 6.60. The smallest absolute Gasteiger partial charge is 0.349 e. The van der Waals surface area contributed by atoms with Gasteiger partial charge in [-0.15, -0.1) is 11.3 Å². The van der Waals surface area contributed by atoms with E-state index in [1.54, 1.807) is 12.1 Å². The largest absolute Gasteiger partial charge is 0.465 e. The number of rotatable bonds is 2. The quantitative estimate of drug-likeness (QED) is 0.780. The molecule has 0 aliphatic heterocycles. The number of thiazole rings is 1. The highest BCUT2D eigenvalue weighted by atomic mass is 79.9. The van der Waals surface area contributed by atoms with E-state index in [0.717, 1.165) is 15.0 Å². The standard InChI is InChI=1S/C11H7BrClNO2S/c1-16-11(15)9-5-14-10(17-9)7-3-2-6(13)4-8(7)12/h2-5H,1H3. The summed E-state index contributed by atoms with van der Waals surface area (Å²) in [6, 6.07) is 5.42. The summed E-state index contributed by atoms with van der Waals surface area (Å²) in [4.78, 5) is 16.0. The molecule has 0 spiro atoms. The average Bonchev–Trinajstić information content (AvgIpc) is 2.77. The van der Waals surface area contributed by atoms with Crippen LogP contribution >= 0.6 is 38.9 Å². The monoisotopic (exact) mass is 331 g/mol. The van der Waals surface area contributed by atoms with Crippen molar-refractivity contribution >= 4 is 44.8 Å². The van der Waals surface area contributed by atoms with Gasteiger partial charge in [-0.05, 0) is 18.2 Å². The first-order valence-electron chi connectivity index (χ1n) is 4.61. The van der Waals surface area contributed by atoms with Crippen molar-refractivity contribution < 1.29 is 9.53 Å². The van der Waals surface area contributed by atoms with E-state index >= 15 is 0 Å². The lowest BCUT2D eigenvalue weighted by Crippen LogP contribution is -1.96. The van der Waals surface area contributed by atoms with Crippen molar-refractivity contribution in [2.24, 2.45) is 0 Å². The fourth-order valence-corrected chi connectivity index (χ4v) is 3.13. The fraction of sp³-hybridized carbons (Fsp3) is 0.0909. The summed E-state index contributed by atoms with van der Waals surface area (Å²) in [6.07, 6.45) is 1.51. The second kappa shape index (κ2) is 5.16. The Bertz CT molecular complexity index is 570. The minimum Gasteiger partial charge on any atom is -0.465 e. The molecule has 0 aliphatic rings. The van der Waals surface area contributed by atoms with Gasteiger partial charge in [0.05, 0.1) is 13.3 Å². The van der Waals surface area contributed by atoms with Crippen LogP contribution in [0.25, 0.3) is 10.6 Å². The van der Waals surface area contributed by atoms with E-state index in [1.807, 2.05) is 6.07 Å². The zero-order valence-electron chi connectivity index (χ0n) is 8.74. The van der Waals surface area contributed by atoms with Gasteiger partial charge in [-0.2, -0.15) is 0 Å². The molecule has 0 fully saturated rings. The minimum absolute atomic E-state index is 0.376. The van der Waals surface area contributed by atoms with E-state index < -0.39 is 0 Å². The topological polar surface area (TPSA) is 39.2 Å². The molecule has 1 aromatic carbocycles. The van der Waals surface area contributed by atoms with Gasteiger partial charge in [0.15, 0.2) is 0 Å². The predicted molar refractivity (Wildman–Crippen MR) is 71.6 cm³/mol. The van der Waals surface area contributed by atoms with Gasteiger partial charge in [-0.1, -0.05) is 27.5 Å². The number of carbonyl (C=O) groups excluding carboxylic acids is 1. The Labute approximate surface area is 116 Å². The SMILES string of the molecule is COC(=O)c1cnc(-c2ccc(Cl)cc2Br)s1. The van der Waals surface area contributed by atoms with Crippen molar-refractivity contribution in [3.63, 3.8) is 0 Å². The van der Waals surface area contributed by atoms with E-state index in [-0.39, 0.29) is 5.97 Å². The molecule has 0 atom stereocenters. The van der Waals surface area contributed by atoms with E-state index in [2.05, 4.69) is 25.7 Å². The molecular weight excluding hydrogens is 326 g/mol. The van der Waals surface area contributed by atoms with E-state index in [4.69, 9.17) is 11.6 Å². The van der Waals surface area contributed by atoms with Gasteiger partial charge in [0, 0.05) is 15.1 Å². The van der Waals surface area contributed by atoms with Crippen LogP contribution in [0, 0.1) is 0 Å². The van der Waals surface area contributed by atoms with E-state index in [1.165, 1.54) is 24.6 Å². The molecule has 0 aliphatic carbocycles. The first-order chi connectivity index (χ1) is 8.11. The van der Waals surface area contributed by atoms with Crippen molar-refractivity contribution in [2.45, 2.75) is 0 Å². The Morgan fingerprint density at radius 3 is 2.94 bits per heavy atom. The average molecular weight is 333 g/mol. The van der Waals surface area contributed by atoms with Crippen LogP contribution in [0.5, 0.6) is 0 Å². The van der Waals surface area contributed by atoms with Crippen LogP contribution in [0.3, 0.4) is 0 Å². The lowest BCUT2D eigenvalue weighted by Gasteiger charge is -2.00. The van der Waals surface area contributed by atoms with Crippen molar-refractivity contribution in [2.75, 3.05) is 7.11 Å². The summed E-state index contributed by atoms with van der Waals surface area (Å²) in [5, 5.41) is 1.39. The number of hydrogen-bond acceptors (Lipinski definition) is 4. The van der Waals surface area contributed by atoms with Gasteiger partial charge in [0.1, 0.15) is 9.88 Å². The molecule has 0 amide bonds. The van der Waals surface area contributed by atoms with Crippen molar-refractivity contribution in [1.29, 1.82) is 0 Å². The molecule has 3 nitrogen and oxygen atoms in total. The fourth-order valence-electron chi connectivity index (χ4n) is 1.26. The minimum atomic E-state index is -0.376. The number of benzene rings is 1. The van der Waals surface area contributed by atoms with Gasteiger partial charge in [0.25, 0.3) is 0 Å². The third-order valence-corrected chi connectivity index (χ3v) is 3.96. The third kappa shape index (κ3) is 2.68. The summed E-state index contributed by atoms with van der Waals surface area (Å²) < 4.78 is 5.48. The molecule has 0 unspecified atom stereocenters. The van der Waals surface area contributed by atoms with Crippen molar-refractivity contribution in [1.82, 2.24) is 4.98 Å². The van der Waals surface area contributed by atoms with Crippen LogP contribution in [-0.2, 0) is 4.74 Å². The molecule has 1 heterocycles. The summed E-state index contributed by atoms with van der Waals surface area (Å²) in [5.41, 5.74) is 0.898. The summed E-state index contributed by atoms with van der Waals surface area (Å²) in [7, 11) is 1.35. The molecule has 17 heavy (non-hydrogen) atoms. The molecule has 0 saturated heterocycles. The molecule has 2 aromatic rings. The molecule has 0 radical (unpaired) electrons. The van der Waals surface area contributed by atoms with Gasteiger partial charge >= 0.3 is 5.97 Å². The van der Waals surface area contributed by atoms with Gasteiger partial charge in [0.2, 0.25) is 0 Å². The molecule has 0 saturated carbocycles. The second-order valence-electron chi connectivity index (χ2n) is 3.15. The van der Waals surface area contributed by atoms with Crippen molar-refractivity contribution in [3.8, 4) is 10.6 Å². The van der Waals surface area contributed by atoms with Crippen LogP contribution in [0.1, 0.15) is 9.67 Å². The van der Waals surface area contributed by atoms with E-state index in [0.29, 0.717) is 9.90 Å². The summed E-state index contributed by atoms with van der Waals surface area (Å²) in [5.74, 6) is -0.376. The maximum atomic E-state index is 11.3. The lowest BCUT2D eigenvalue weighted by atomic mass is 10.2. The highest BCUT2D eigenvalue weighted by molar-refractivity contribution is 9.10. The Morgan fingerprint density at radius 1 is 1.53 bits per heavy atom. The zero-order valence-corrected chi connectivity index (χ0v) is 11.9. The number of halogens is 2. The summed E-state index contributed by atoms with van der Waals surface area (Å²) >= 11 is 10.6. The Morgan fingerprint density at radius 2 is 2.29 bits per heavy atom. The molecule has 88 valence electrons. The molecular formula is C11H7BrClNO2S. The first kappa shape index (κ1) is 12.5. The van der Waals surface area contributed by atoms with Gasteiger partial charge in [-0.3, -0.25) is 0 Å². The number of methoxy groups -OCH3 is 1. The second-order valence-corrected chi connectivity index (χ2v) is 5.47. The molecule has 0 N–H and O–H groups in total. The van der Waals surface area contributed by atoms with Gasteiger partial charge < -0.3 is 4.74 Å². The van der Waals surface area contributed by atoms with Crippen LogP contribution in [0.15, 0.2) is 28.9 Å². The normalized spacial score (nSPS) is 10.3. The van der Waals surface area contributed by atoms with Crippen LogP contribution in [0.2, 0.25) is 5.02 Å². The Kier molecular flexibility index (Phi) is 3.81. The molecule has 1 aromatic heterocycles. The third-order valence-electron chi connectivity index (χ3n) is 2.05. The number of nitrogens with zero attached hydrogens (tertiary/aromatic N) is 1. The number of ether oxygens (including phenoxy) is 1. The van der Waals surface area contributed by atoms with Crippen LogP contribution < -0.4 is 0 Å². The highest BCUT2D eigenvalue weighted by Gasteiger charge is 2.13. The molecule has 2 rings (SSSR count). The zero-order chi connectivity index (χ0) is 12.4. The Hall–Kier alpha value is -0.910. The number of hydrogen-bond donors (Lipinski definition) is 0. The van der Waals surface area contributed by atoms with Crippen LogP contribution in [0.4, 0.5) is 0 Å². The van der Waals surface area contributed by atoms with Gasteiger partial charge in [-0.25, -0.2) is 9.78 Å². The number of aromatic nitrogens is 1. The van der Waals surface area contributed by atoms with E-state index in [9.17, 15) is 4.79 Å². The van der Waals surface area contributed by atoms with Crippen LogP contribution in [-0.4, -0.2) is 18.1 Å². The maximum absolute atomic E-state index is 11.3. The highest BCUT2D eigenvalue weighted by Crippen LogP contribution is 2.33. The predicted octanol–water partition coefficient (Wildman–Crippen LogP) is 4.01. The van der Waals surface area contributed by atoms with Crippen molar-refractivity contribution in [3.05, 3.63) is 38.8 Å². The lowest BCUT2D eigenvalue weighted by molar-refractivity contribution is 0.0606.